The van der Waals surface area contributed by atoms with Gasteiger partial charge in [-0.15, -0.1) is 0 Å². The first-order valence-corrected chi connectivity index (χ1v) is 12.9. The average molecular weight is 338 g/mol. The summed E-state index contributed by atoms with van der Waals surface area (Å²) in [5.74, 6) is 18.4. The van der Waals surface area contributed by atoms with Crippen LogP contribution in [0.3, 0.4) is 0 Å². The van der Waals surface area contributed by atoms with Gasteiger partial charge < -0.3 is 0 Å². The van der Waals surface area contributed by atoms with E-state index in [0.717, 1.165) is 32.5 Å². The summed E-state index contributed by atoms with van der Waals surface area (Å²) in [5, 5.41) is 0. The predicted molar refractivity (Wildman–Crippen MR) is 91.2 cm³/mol. The van der Waals surface area contributed by atoms with Crippen molar-refractivity contribution in [3.05, 3.63) is 0 Å². The molecule has 26 heavy (non-hydrogen) atoms. The van der Waals surface area contributed by atoms with Gasteiger partial charge in [-0.1, -0.05) is 0 Å². The van der Waals surface area contributed by atoms with E-state index >= 15 is 0 Å². The van der Waals surface area contributed by atoms with Crippen molar-refractivity contribution >= 4 is 0 Å². The molecule has 0 nitrogen and oxygen atoms in total. The molecule has 14 rings (SSSR count). The fourth-order valence-electron chi connectivity index (χ4n) is 20.6. The molecule has 6 spiro atoms. The van der Waals surface area contributed by atoms with Gasteiger partial charge in [0, 0.05) is 0 Å². The van der Waals surface area contributed by atoms with Gasteiger partial charge in [0.15, 0.2) is 0 Å². The molecule has 0 aromatic rings. The van der Waals surface area contributed by atoms with Gasteiger partial charge in [0.05, 0.1) is 0 Å². The zero-order valence-corrected chi connectivity index (χ0v) is 15.3. The summed E-state index contributed by atoms with van der Waals surface area (Å²) in [4.78, 5) is 0. The lowest BCUT2D eigenvalue weighted by atomic mass is 8.65. The number of hydrogen-bond donors (Lipinski definition) is 0. The van der Waals surface area contributed by atoms with Gasteiger partial charge in [0.25, 0.3) is 0 Å². The summed E-state index contributed by atoms with van der Waals surface area (Å²) < 4.78 is 0. The third-order valence-electron chi connectivity index (χ3n) is 18.2. The topological polar surface area (TPSA) is 0 Å². The molecule has 130 valence electrons. The summed E-state index contributed by atoms with van der Waals surface area (Å²) in [5.41, 5.74) is 6.54. The van der Waals surface area contributed by atoms with Crippen molar-refractivity contribution in [2.24, 2.45) is 115 Å². The van der Waals surface area contributed by atoms with Crippen LogP contribution in [0.4, 0.5) is 0 Å². The maximum Gasteiger partial charge on any atom is -0.00569 e. The third kappa shape index (κ3) is 0.355. The van der Waals surface area contributed by atoms with Crippen LogP contribution in [0.1, 0.15) is 38.5 Å². The molecule has 14 aliphatic carbocycles. The largest absolute Gasteiger partial charge is 0.0499 e. The van der Waals surface area contributed by atoms with Gasteiger partial charge in [-0.2, -0.15) is 0 Å². The molecule has 14 fully saturated rings. The maximum atomic E-state index is 1.76. The van der Waals surface area contributed by atoms with E-state index in [4.69, 9.17) is 0 Å². The number of fused-ring (bicyclic) bond motifs is 9. The highest BCUT2D eigenvalue weighted by atomic mass is 15.4. The molecule has 0 heteroatoms. The second-order valence-electron chi connectivity index (χ2n) is 15.0. The van der Waals surface area contributed by atoms with Crippen LogP contribution in [0.5, 0.6) is 0 Å². The predicted octanol–water partition coefficient (Wildman–Crippen LogP) is 4.06. The minimum atomic E-state index is 1.08. The van der Waals surface area contributed by atoms with Gasteiger partial charge in [0.2, 0.25) is 0 Å². The monoisotopic (exact) mass is 338 g/mol. The maximum absolute atomic E-state index is 1.76. The highest BCUT2D eigenvalue weighted by Crippen LogP contribution is 3.38. The van der Waals surface area contributed by atoms with Crippen LogP contribution in [0.2, 0.25) is 0 Å². The van der Waals surface area contributed by atoms with Crippen molar-refractivity contribution in [1.29, 1.82) is 0 Å². The first-order chi connectivity index (χ1) is 12.9. The number of hydrogen-bond acceptors (Lipinski definition) is 0. The quantitative estimate of drug-likeness (QED) is 0.625. The van der Waals surface area contributed by atoms with Crippen LogP contribution >= 0.6 is 0 Å². The molecule has 14 aliphatic rings. The van der Waals surface area contributed by atoms with Crippen molar-refractivity contribution < 1.29 is 0 Å². The van der Waals surface area contributed by atoms with Crippen molar-refractivity contribution in [2.45, 2.75) is 38.5 Å². The zero-order valence-electron chi connectivity index (χ0n) is 15.3. The van der Waals surface area contributed by atoms with Crippen LogP contribution in [0.15, 0.2) is 0 Å². The second-order valence-corrected chi connectivity index (χ2v) is 15.0. The Hall–Kier alpha value is 0. The van der Waals surface area contributed by atoms with E-state index in [2.05, 4.69) is 0 Å². The van der Waals surface area contributed by atoms with Gasteiger partial charge in [-0.05, 0) is 154 Å². The summed E-state index contributed by atoms with van der Waals surface area (Å²) in [6.45, 7) is 0. The number of rotatable bonds is 0. The molecule has 20 unspecified atom stereocenters. The molecule has 0 bridgehead atoms. The molecule has 0 saturated heterocycles. The van der Waals surface area contributed by atoms with Gasteiger partial charge in [0.1, 0.15) is 0 Å². The summed E-state index contributed by atoms with van der Waals surface area (Å²) in [6.07, 6.45) is 10.2. The van der Waals surface area contributed by atoms with E-state index < -0.39 is 0 Å². The van der Waals surface area contributed by atoms with Crippen LogP contribution < -0.4 is 0 Å². The van der Waals surface area contributed by atoms with E-state index in [-0.39, 0.29) is 0 Å². The van der Waals surface area contributed by atoms with Crippen molar-refractivity contribution in [2.75, 3.05) is 0 Å². The van der Waals surface area contributed by atoms with Crippen LogP contribution in [-0.4, -0.2) is 0 Å². The van der Waals surface area contributed by atoms with Crippen molar-refractivity contribution in [1.82, 2.24) is 0 Å². The van der Waals surface area contributed by atoms with E-state index in [1.165, 1.54) is 82.9 Å². The fourth-order valence-corrected chi connectivity index (χ4v) is 20.6. The highest BCUT2D eigenvalue weighted by molar-refractivity contribution is 5.81. The Kier molecular flexibility index (Phi) is 0.839. The Labute approximate surface area is 154 Å². The summed E-state index contributed by atoms with van der Waals surface area (Å²) >= 11 is 0. The SMILES string of the molecule is C1CC2C1CCC1C3C4C2C2C5C6CC7C8CC9C%10C1C31C42C52C76C89C%1012. The minimum Gasteiger partial charge on any atom is -0.0499 e. The van der Waals surface area contributed by atoms with E-state index in [1.807, 2.05) is 0 Å². The normalized spacial score (nSPS) is 108. The van der Waals surface area contributed by atoms with Crippen LogP contribution in [0, 0.1) is 115 Å². The molecule has 0 aromatic heterocycles. The van der Waals surface area contributed by atoms with Gasteiger partial charge >= 0.3 is 0 Å². The molecule has 0 aliphatic heterocycles. The molecule has 0 aromatic carbocycles. The van der Waals surface area contributed by atoms with E-state index in [1.54, 1.807) is 38.5 Å². The van der Waals surface area contributed by atoms with Crippen LogP contribution in [-0.2, 0) is 0 Å². The summed E-state index contributed by atoms with van der Waals surface area (Å²) in [6, 6.07) is 0. The highest BCUT2D eigenvalue weighted by Gasteiger charge is 3.36. The fraction of sp³-hybridized carbons (Fsp3) is 1.00. The zero-order chi connectivity index (χ0) is 15.3. The van der Waals surface area contributed by atoms with Crippen LogP contribution in [0.25, 0.3) is 0 Å². The Balaban J connectivity index is 1.15. The average Bonchev–Trinajstić information content (AvgIpc) is 2.51. The lowest BCUT2D eigenvalue weighted by molar-refractivity contribution is -0.923. The van der Waals surface area contributed by atoms with Gasteiger partial charge in [-0.25, -0.2) is 0 Å². The van der Waals surface area contributed by atoms with E-state index in [9.17, 15) is 0 Å². The lowest BCUT2D eigenvalue weighted by Crippen LogP contribution is -3.35. The first kappa shape index (κ1) is 10.7. The molecule has 0 amide bonds. The summed E-state index contributed by atoms with van der Waals surface area (Å²) in [7, 11) is 0. The van der Waals surface area contributed by atoms with Crippen molar-refractivity contribution in [3.8, 4) is 0 Å². The molecule has 20 atom stereocenters. The Morgan fingerprint density at radius 3 is 1.77 bits per heavy atom. The van der Waals surface area contributed by atoms with E-state index in [0.29, 0.717) is 0 Å². The molecule has 0 N–H and O–H groups in total. The first-order valence-electron chi connectivity index (χ1n) is 12.9. The molecule has 14 saturated carbocycles. The standard InChI is InChI=1S/C26H26/c1-3-8-7(1)2-4-9-15-17-12-5-10-11-6-13-18-20-14(8)19-16(9)23(15)24(19,20)26(18)22(11,13)21(10,12)25(17,23)26/h7-20H,1-6H2. The Morgan fingerprint density at radius 2 is 1.04 bits per heavy atom. The lowest BCUT2D eigenvalue weighted by Gasteiger charge is -3.37. The molecule has 0 radical (unpaired) electrons. The minimum absolute atomic E-state index is 1.08. The molecule has 0 heterocycles. The third-order valence-corrected chi connectivity index (χ3v) is 18.2. The smallest absolute Gasteiger partial charge is 0.00569 e. The second kappa shape index (κ2) is 2.04. The Morgan fingerprint density at radius 1 is 0.462 bits per heavy atom. The van der Waals surface area contributed by atoms with Gasteiger partial charge in [-0.3, -0.25) is 0 Å². The van der Waals surface area contributed by atoms with Crippen molar-refractivity contribution in [3.63, 3.8) is 0 Å². The molecular weight excluding hydrogens is 312 g/mol. The molecular formula is C26H26. The Bertz CT molecular complexity index is 1060.